The number of nitrogens with zero attached hydrogens (tertiary/aromatic N) is 1. The second-order valence-electron chi connectivity index (χ2n) is 8.27. The maximum atomic E-state index is 12.1. The molecule has 1 aliphatic heterocycles. The number of hydrogen-bond donors (Lipinski definition) is 3. The van der Waals surface area contributed by atoms with E-state index in [1.165, 1.54) is 6.21 Å². The smallest absolute Gasteiger partial charge is 0.329 e. The Morgan fingerprint density at radius 1 is 0.919 bits per heavy atom. The number of aryl methyl sites for hydroxylation is 2. The van der Waals surface area contributed by atoms with E-state index in [0.29, 0.717) is 28.5 Å². The Bertz CT molecular complexity index is 1340. The maximum absolute atomic E-state index is 12.1. The van der Waals surface area contributed by atoms with Gasteiger partial charge < -0.3 is 24.8 Å². The maximum Gasteiger partial charge on any atom is 0.329 e. The predicted molar refractivity (Wildman–Crippen MR) is 137 cm³/mol. The van der Waals surface area contributed by atoms with Crippen LogP contribution >= 0.6 is 0 Å². The molecular formula is C27H26N4O6. The SMILES string of the molecule is Cc1ccc(NC(=O)COc2ccc(/C=N\NC(=O)C(=O)NCc3ccc4c(c3)OCO4)cc2)cc1C. The summed E-state index contributed by atoms with van der Waals surface area (Å²) >= 11 is 0. The van der Waals surface area contributed by atoms with E-state index in [9.17, 15) is 14.4 Å². The molecule has 1 aliphatic rings. The molecule has 0 aromatic heterocycles. The molecule has 37 heavy (non-hydrogen) atoms. The molecular weight excluding hydrogens is 476 g/mol. The number of rotatable bonds is 8. The highest BCUT2D eigenvalue weighted by atomic mass is 16.7. The molecule has 3 amide bonds. The van der Waals surface area contributed by atoms with Crippen LogP contribution in [0, 0.1) is 13.8 Å². The van der Waals surface area contributed by atoms with Crippen molar-refractivity contribution in [1.29, 1.82) is 0 Å². The Kier molecular flexibility index (Phi) is 7.99. The molecule has 3 aromatic rings. The average molecular weight is 503 g/mol. The van der Waals surface area contributed by atoms with Crippen molar-refractivity contribution in [3.8, 4) is 17.2 Å². The lowest BCUT2D eigenvalue weighted by Gasteiger charge is -2.09. The van der Waals surface area contributed by atoms with Crippen molar-refractivity contribution in [2.75, 3.05) is 18.7 Å². The molecule has 0 saturated heterocycles. The van der Waals surface area contributed by atoms with Gasteiger partial charge in [0.15, 0.2) is 18.1 Å². The van der Waals surface area contributed by atoms with E-state index in [1.54, 1.807) is 42.5 Å². The molecule has 0 radical (unpaired) electrons. The number of hydrogen-bond acceptors (Lipinski definition) is 7. The fourth-order valence-electron chi connectivity index (χ4n) is 3.34. The van der Waals surface area contributed by atoms with Crippen LogP contribution in [0.5, 0.6) is 17.2 Å². The highest BCUT2D eigenvalue weighted by Gasteiger charge is 2.15. The molecule has 0 unspecified atom stereocenters. The number of ether oxygens (including phenoxy) is 3. The van der Waals surface area contributed by atoms with Gasteiger partial charge in [-0.15, -0.1) is 0 Å². The van der Waals surface area contributed by atoms with Crippen LogP contribution in [0.15, 0.2) is 65.8 Å². The van der Waals surface area contributed by atoms with Gasteiger partial charge in [0.2, 0.25) is 6.79 Å². The number of amides is 3. The molecule has 4 rings (SSSR count). The number of nitrogens with one attached hydrogen (secondary N) is 3. The Hall–Kier alpha value is -4.86. The van der Waals surface area contributed by atoms with E-state index in [1.807, 2.05) is 32.0 Å². The quantitative estimate of drug-likeness (QED) is 0.247. The number of carbonyl (C=O) groups is 3. The number of benzene rings is 3. The first-order valence-electron chi connectivity index (χ1n) is 11.5. The second-order valence-corrected chi connectivity index (χ2v) is 8.27. The molecule has 0 spiro atoms. The minimum absolute atomic E-state index is 0.141. The van der Waals surface area contributed by atoms with Crippen LogP contribution in [0.3, 0.4) is 0 Å². The van der Waals surface area contributed by atoms with E-state index in [0.717, 1.165) is 16.7 Å². The standard InChI is InChI=1S/C27H26N4O6/c1-17-3-7-21(11-18(17)2)30-25(32)15-35-22-8-4-19(5-9-22)14-29-31-27(34)26(33)28-13-20-6-10-23-24(12-20)37-16-36-23/h3-12,14H,13,15-16H2,1-2H3,(H,28,33)(H,30,32)(H,31,34)/b29-14-. The minimum atomic E-state index is -0.897. The lowest BCUT2D eigenvalue weighted by atomic mass is 10.1. The highest BCUT2D eigenvalue weighted by Crippen LogP contribution is 2.32. The third-order valence-corrected chi connectivity index (χ3v) is 5.52. The van der Waals surface area contributed by atoms with Gasteiger partial charge in [0.1, 0.15) is 5.75 Å². The molecule has 3 aromatic carbocycles. The molecule has 0 aliphatic carbocycles. The summed E-state index contributed by atoms with van der Waals surface area (Å²) in [4.78, 5) is 36.1. The largest absolute Gasteiger partial charge is 0.484 e. The summed E-state index contributed by atoms with van der Waals surface area (Å²) in [5, 5.41) is 9.12. The van der Waals surface area contributed by atoms with Crippen LogP contribution in [0.4, 0.5) is 5.69 Å². The van der Waals surface area contributed by atoms with Gasteiger partial charge in [-0.3, -0.25) is 14.4 Å². The van der Waals surface area contributed by atoms with Gasteiger partial charge in [0.05, 0.1) is 6.21 Å². The third-order valence-electron chi connectivity index (χ3n) is 5.52. The Morgan fingerprint density at radius 2 is 1.70 bits per heavy atom. The summed E-state index contributed by atoms with van der Waals surface area (Å²) in [6.45, 7) is 4.16. The second kappa shape index (κ2) is 11.7. The Morgan fingerprint density at radius 3 is 2.49 bits per heavy atom. The van der Waals surface area contributed by atoms with Gasteiger partial charge in [-0.1, -0.05) is 12.1 Å². The van der Waals surface area contributed by atoms with Crippen LogP contribution in [0.1, 0.15) is 22.3 Å². The zero-order chi connectivity index (χ0) is 26.2. The number of carbonyl (C=O) groups excluding carboxylic acids is 3. The molecule has 10 heteroatoms. The van der Waals surface area contributed by atoms with E-state index < -0.39 is 11.8 Å². The lowest BCUT2D eigenvalue weighted by Crippen LogP contribution is -2.37. The molecule has 190 valence electrons. The minimum Gasteiger partial charge on any atom is -0.484 e. The molecule has 0 bridgehead atoms. The first-order chi connectivity index (χ1) is 17.9. The number of fused-ring (bicyclic) bond motifs is 1. The third kappa shape index (κ3) is 7.07. The summed E-state index contributed by atoms with van der Waals surface area (Å²) in [6.07, 6.45) is 1.39. The van der Waals surface area contributed by atoms with Gasteiger partial charge in [0.25, 0.3) is 5.91 Å². The van der Waals surface area contributed by atoms with Crippen LogP contribution in [-0.4, -0.2) is 37.3 Å². The van der Waals surface area contributed by atoms with Crippen LogP contribution in [0.2, 0.25) is 0 Å². The van der Waals surface area contributed by atoms with Crippen molar-refractivity contribution < 1.29 is 28.6 Å². The van der Waals surface area contributed by atoms with Gasteiger partial charge in [-0.2, -0.15) is 5.10 Å². The van der Waals surface area contributed by atoms with Crippen molar-refractivity contribution >= 4 is 29.6 Å². The molecule has 1 heterocycles. The van der Waals surface area contributed by atoms with Gasteiger partial charge in [-0.25, -0.2) is 5.43 Å². The van der Waals surface area contributed by atoms with E-state index in [-0.39, 0.29) is 25.9 Å². The summed E-state index contributed by atoms with van der Waals surface area (Å²) in [6, 6.07) is 17.7. The molecule has 0 atom stereocenters. The summed E-state index contributed by atoms with van der Waals surface area (Å²) in [5.41, 5.74) is 6.56. The fourth-order valence-corrected chi connectivity index (χ4v) is 3.34. The Balaban J connectivity index is 1.18. The van der Waals surface area contributed by atoms with E-state index >= 15 is 0 Å². The van der Waals surface area contributed by atoms with Crippen LogP contribution in [0.25, 0.3) is 0 Å². The molecule has 3 N–H and O–H groups in total. The fraction of sp³-hybridized carbons (Fsp3) is 0.185. The molecule has 0 fully saturated rings. The van der Waals surface area contributed by atoms with Gasteiger partial charge in [-0.05, 0) is 84.6 Å². The van der Waals surface area contributed by atoms with Crippen molar-refractivity contribution in [3.05, 3.63) is 82.9 Å². The zero-order valence-electron chi connectivity index (χ0n) is 20.4. The summed E-state index contributed by atoms with van der Waals surface area (Å²) < 4.78 is 16.0. The average Bonchev–Trinajstić information content (AvgIpc) is 3.37. The Labute approximate surface area is 213 Å². The predicted octanol–water partition coefficient (Wildman–Crippen LogP) is 2.82. The molecule has 0 saturated carbocycles. The van der Waals surface area contributed by atoms with Crippen molar-refractivity contribution in [3.63, 3.8) is 0 Å². The lowest BCUT2D eigenvalue weighted by molar-refractivity contribution is -0.139. The van der Waals surface area contributed by atoms with Crippen LogP contribution < -0.4 is 30.3 Å². The van der Waals surface area contributed by atoms with Crippen molar-refractivity contribution in [1.82, 2.24) is 10.7 Å². The zero-order valence-corrected chi connectivity index (χ0v) is 20.4. The number of hydrazone groups is 1. The van der Waals surface area contributed by atoms with Gasteiger partial charge in [0, 0.05) is 12.2 Å². The van der Waals surface area contributed by atoms with Crippen molar-refractivity contribution in [2.24, 2.45) is 5.10 Å². The molecule has 10 nitrogen and oxygen atoms in total. The van der Waals surface area contributed by atoms with E-state index in [4.69, 9.17) is 14.2 Å². The monoisotopic (exact) mass is 502 g/mol. The highest BCUT2D eigenvalue weighted by molar-refractivity contribution is 6.35. The first kappa shape index (κ1) is 25.2. The summed E-state index contributed by atoms with van der Waals surface area (Å²) in [5.74, 6) is -0.254. The topological polar surface area (TPSA) is 127 Å². The first-order valence-corrected chi connectivity index (χ1v) is 11.5. The summed E-state index contributed by atoms with van der Waals surface area (Å²) in [7, 11) is 0. The van der Waals surface area contributed by atoms with E-state index in [2.05, 4.69) is 21.2 Å². The number of anilines is 1. The van der Waals surface area contributed by atoms with Crippen molar-refractivity contribution in [2.45, 2.75) is 20.4 Å². The van der Waals surface area contributed by atoms with Gasteiger partial charge >= 0.3 is 11.8 Å². The van der Waals surface area contributed by atoms with Crippen LogP contribution in [-0.2, 0) is 20.9 Å². The normalized spacial score (nSPS) is 11.7.